The van der Waals surface area contributed by atoms with Crippen molar-refractivity contribution in [3.8, 4) is 0 Å². The quantitative estimate of drug-likeness (QED) is 0.493. The summed E-state index contributed by atoms with van der Waals surface area (Å²) in [6.45, 7) is 11.6. The molecule has 1 aliphatic heterocycles. The molecule has 1 aliphatic rings. The smallest absolute Gasteiger partial charge is 0.322 e. The number of nitrogens with one attached hydrogen (secondary N) is 1. The maximum atomic E-state index is 13.7. The van der Waals surface area contributed by atoms with Gasteiger partial charge in [-0.25, -0.2) is 4.79 Å². The lowest BCUT2D eigenvalue weighted by Gasteiger charge is -2.39. The zero-order valence-electron chi connectivity index (χ0n) is 21.4. The monoisotopic (exact) mass is 472 g/mol. The standard InChI is InChI=1S/C29H36N4O2/c1-20(2)23-12-14-24(15-13-23)28-26-11-8-16-31(26)17-18-32(28)27(34)19-33(21(3)4)29(35)30-25-10-7-6-9-22(25)5/h6-16,20-21,28H,17-19H2,1-5H3,(H,30,35). The summed E-state index contributed by atoms with van der Waals surface area (Å²) in [5, 5.41) is 2.98. The molecule has 0 saturated carbocycles. The van der Waals surface area contributed by atoms with Crippen LogP contribution in [0.25, 0.3) is 0 Å². The minimum Gasteiger partial charge on any atom is -0.348 e. The third kappa shape index (κ3) is 5.26. The molecule has 6 heteroatoms. The second-order valence-corrected chi connectivity index (χ2v) is 9.90. The Morgan fingerprint density at radius 3 is 2.34 bits per heavy atom. The Balaban J connectivity index is 1.58. The van der Waals surface area contributed by atoms with Gasteiger partial charge in [-0.1, -0.05) is 56.3 Å². The van der Waals surface area contributed by atoms with Crippen molar-refractivity contribution in [2.45, 2.75) is 59.2 Å². The van der Waals surface area contributed by atoms with E-state index < -0.39 is 0 Å². The molecule has 0 saturated heterocycles. The summed E-state index contributed by atoms with van der Waals surface area (Å²) in [4.78, 5) is 30.4. The number of fused-ring (bicyclic) bond motifs is 1. The number of hydrogen-bond donors (Lipinski definition) is 1. The van der Waals surface area contributed by atoms with E-state index in [1.807, 2.05) is 56.0 Å². The molecular formula is C29H36N4O2. The van der Waals surface area contributed by atoms with Crippen LogP contribution in [0.1, 0.15) is 62.0 Å². The number of urea groups is 1. The van der Waals surface area contributed by atoms with Gasteiger partial charge < -0.3 is 19.7 Å². The SMILES string of the molecule is Cc1ccccc1NC(=O)N(CC(=O)N1CCn2cccc2C1c1ccc(C(C)C)cc1)C(C)C. The van der Waals surface area contributed by atoms with Gasteiger partial charge in [0, 0.05) is 36.7 Å². The molecule has 0 aliphatic carbocycles. The summed E-state index contributed by atoms with van der Waals surface area (Å²) in [6.07, 6.45) is 2.07. The van der Waals surface area contributed by atoms with Gasteiger partial charge in [0.2, 0.25) is 5.91 Å². The van der Waals surface area contributed by atoms with E-state index in [0.717, 1.165) is 29.1 Å². The van der Waals surface area contributed by atoms with Gasteiger partial charge in [0.1, 0.15) is 6.54 Å². The van der Waals surface area contributed by atoms with E-state index in [4.69, 9.17) is 0 Å². The van der Waals surface area contributed by atoms with Gasteiger partial charge in [-0.15, -0.1) is 0 Å². The lowest BCUT2D eigenvalue weighted by molar-refractivity contribution is -0.134. The largest absolute Gasteiger partial charge is 0.348 e. The van der Waals surface area contributed by atoms with Crippen LogP contribution in [0.3, 0.4) is 0 Å². The Morgan fingerprint density at radius 2 is 1.69 bits per heavy atom. The van der Waals surface area contributed by atoms with E-state index in [1.165, 1.54) is 5.56 Å². The Hall–Kier alpha value is -3.54. The van der Waals surface area contributed by atoms with Crippen LogP contribution in [0.4, 0.5) is 10.5 Å². The highest BCUT2D eigenvalue weighted by atomic mass is 16.2. The minimum atomic E-state index is -0.263. The topological polar surface area (TPSA) is 57.6 Å². The molecular weight excluding hydrogens is 436 g/mol. The van der Waals surface area contributed by atoms with Crippen LogP contribution in [0.2, 0.25) is 0 Å². The number of aromatic nitrogens is 1. The lowest BCUT2D eigenvalue weighted by atomic mass is 9.95. The van der Waals surface area contributed by atoms with Crippen LogP contribution in [0, 0.1) is 6.92 Å². The predicted octanol–water partition coefficient (Wildman–Crippen LogP) is 5.79. The number of aryl methyl sites for hydroxylation is 1. The van der Waals surface area contributed by atoms with E-state index >= 15 is 0 Å². The zero-order chi connectivity index (χ0) is 25.1. The summed E-state index contributed by atoms with van der Waals surface area (Å²) in [5.41, 5.74) is 5.20. The zero-order valence-corrected chi connectivity index (χ0v) is 21.4. The Kier molecular flexibility index (Phi) is 7.29. The summed E-state index contributed by atoms with van der Waals surface area (Å²) < 4.78 is 2.22. The molecule has 0 bridgehead atoms. The van der Waals surface area contributed by atoms with E-state index in [-0.39, 0.29) is 30.6 Å². The first-order valence-corrected chi connectivity index (χ1v) is 12.4. The number of para-hydroxylation sites is 1. The molecule has 3 amide bonds. The first-order chi connectivity index (χ1) is 16.8. The van der Waals surface area contributed by atoms with Crippen molar-refractivity contribution in [3.05, 3.63) is 89.2 Å². The number of anilines is 1. The third-order valence-corrected chi connectivity index (χ3v) is 6.85. The van der Waals surface area contributed by atoms with Crippen molar-refractivity contribution < 1.29 is 9.59 Å². The number of hydrogen-bond acceptors (Lipinski definition) is 2. The molecule has 1 aromatic heterocycles. The average Bonchev–Trinajstić information content (AvgIpc) is 3.32. The maximum absolute atomic E-state index is 13.7. The highest BCUT2D eigenvalue weighted by Gasteiger charge is 2.34. The maximum Gasteiger partial charge on any atom is 0.322 e. The van der Waals surface area contributed by atoms with Crippen LogP contribution in [0.5, 0.6) is 0 Å². The fourth-order valence-electron chi connectivity index (χ4n) is 4.69. The Bertz CT molecular complexity index is 1180. The lowest BCUT2D eigenvalue weighted by Crippen LogP contribution is -2.50. The number of carbonyl (C=O) groups excluding carboxylic acids is 2. The molecule has 6 nitrogen and oxygen atoms in total. The summed E-state index contributed by atoms with van der Waals surface area (Å²) >= 11 is 0. The van der Waals surface area contributed by atoms with E-state index in [9.17, 15) is 9.59 Å². The fourth-order valence-corrected chi connectivity index (χ4v) is 4.69. The van der Waals surface area contributed by atoms with Crippen molar-refractivity contribution >= 4 is 17.6 Å². The summed E-state index contributed by atoms with van der Waals surface area (Å²) in [6, 6.07) is 19.8. The molecule has 1 unspecified atom stereocenters. The second kappa shape index (κ2) is 10.4. The molecule has 3 aromatic rings. The molecule has 0 spiro atoms. The van der Waals surface area contributed by atoms with Crippen LogP contribution in [-0.2, 0) is 11.3 Å². The van der Waals surface area contributed by atoms with Crippen LogP contribution in [0.15, 0.2) is 66.9 Å². The van der Waals surface area contributed by atoms with Gasteiger partial charge in [-0.05, 0) is 61.6 Å². The van der Waals surface area contributed by atoms with Gasteiger partial charge in [-0.3, -0.25) is 4.79 Å². The molecule has 35 heavy (non-hydrogen) atoms. The number of carbonyl (C=O) groups is 2. The summed E-state index contributed by atoms with van der Waals surface area (Å²) in [7, 11) is 0. The normalized spacial score (nSPS) is 15.3. The van der Waals surface area contributed by atoms with Gasteiger partial charge in [0.15, 0.2) is 0 Å². The van der Waals surface area contributed by atoms with Gasteiger partial charge >= 0.3 is 6.03 Å². The third-order valence-electron chi connectivity index (χ3n) is 6.85. The number of nitrogens with zero attached hydrogens (tertiary/aromatic N) is 3. The number of amides is 3. The van der Waals surface area contributed by atoms with Crippen molar-refractivity contribution in [1.82, 2.24) is 14.4 Å². The molecule has 0 fully saturated rings. The van der Waals surface area contributed by atoms with Gasteiger partial charge in [0.25, 0.3) is 0 Å². The molecule has 4 rings (SSSR count). The fraction of sp³-hybridized carbons (Fsp3) is 0.379. The first-order valence-electron chi connectivity index (χ1n) is 12.4. The molecule has 0 radical (unpaired) electrons. The molecule has 2 aromatic carbocycles. The van der Waals surface area contributed by atoms with Crippen LogP contribution < -0.4 is 5.32 Å². The van der Waals surface area contributed by atoms with E-state index in [1.54, 1.807) is 4.90 Å². The highest BCUT2D eigenvalue weighted by molar-refractivity contribution is 5.93. The Morgan fingerprint density at radius 1 is 0.971 bits per heavy atom. The average molecular weight is 473 g/mol. The van der Waals surface area contributed by atoms with Gasteiger partial charge in [-0.2, -0.15) is 0 Å². The predicted molar refractivity (Wildman–Crippen MR) is 141 cm³/mol. The first kappa shape index (κ1) is 24.6. The molecule has 1 atom stereocenters. The minimum absolute atomic E-state index is 0.0245. The van der Waals surface area contributed by atoms with Crippen LogP contribution >= 0.6 is 0 Å². The molecule has 2 heterocycles. The van der Waals surface area contributed by atoms with E-state index in [2.05, 4.69) is 60.3 Å². The number of rotatable bonds is 6. The van der Waals surface area contributed by atoms with E-state index in [0.29, 0.717) is 12.5 Å². The highest BCUT2D eigenvalue weighted by Crippen LogP contribution is 2.33. The second-order valence-electron chi connectivity index (χ2n) is 9.90. The van der Waals surface area contributed by atoms with Crippen molar-refractivity contribution in [1.29, 1.82) is 0 Å². The Labute approximate surface area is 208 Å². The summed E-state index contributed by atoms with van der Waals surface area (Å²) in [5.74, 6) is 0.396. The number of benzene rings is 2. The van der Waals surface area contributed by atoms with Crippen molar-refractivity contribution in [2.24, 2.45) is 0 Å². The molecule has 1 N–H and O–H groups in total. The van der Waals surface area contributed by atoms with Gasteiger partial charge in [0.05, 0.1) is 6.04 Å². The van der Waals surface area contributed by atoms with Crippen molar-refractivity contribution in [2.75, 3.05) is 18.4 Å². The van der Waals surface area contributed by atoms with Crippen LogP contribution in [-0.4, -0.2) is 45.4 Å². The van der Waals surface area contributed by atoms with Crippen molar-refractivity contribution in [3.63, 3.8) is 0 Å². The molecule has 184 valence electrons.